The lowest BCUT2D eigenvalue weighted by molar-refractivity contribution is -0.130. The number of thiazole rings is 1. The van der Waals surface area contributed by atoms with Gasteiger partial charge in [-0.25, -0.2) is 4.98 Å². The quantitative estimate of drug-likeness (QED) is 0.828. The smallest absolute Gasteiger partial charge is 0.236 e. The van der Waals surface area contributed by atoms with Gasteiger partial charge in [0.1, 0.15) is 0 Å². The van der Waals surface area contributed by atoms with Crippen LogP contribution in [-0.4, -0.2) is 45.3 Å². The molecule has 0 saturated carbocycles. The van der Waals surface area contributed by atoms with Crippen molar-refractivity contribution in [3.63, 3.8) is 0 Å². The molecule has 21 heavy (non-hydrogen) atoms. The van der Waals surface area contributed by atoms with E-state index in [-0.39, 0.29) is 17.2 Å². The number of carbonyl (C=O) groups is 1. The summed E-state index contributed by atoms with van der Waals surface area (Å²) in [7, 11) is 1.93. The molecule has 2 atom stereocenters. The monoisotopic (exact) mass is 344 g/mol. The predicted octanol–water partition coefficient (Wildman–Crippen LogP) is 3.94. The Kier molecular flexibility index (Phi) is 6.03. The van der Waals surface area contributed by atoms with Crippen molar-refractivity contribution in [2.24, 2.45) is 0 Å². The van der Waals surface area contributed by atoms with Crippen LogP contribution in [-0.2, 0) is 4.79 Å². The molecule has 2 rings (SSSR count). The van der Waals surface area contributed by atoms with Crippen molar-refractivity contribution in [3.8, 4) is 0 Å². The highest BCUT2D eigenvalue weighted by molar-refractivity contribution is 8.07. The van der Waals surface area contributed by atoms with Gasteiger partial charge in [-0.05, 0) is 13.8 Å². The number of hydrogen-bond donors (Lipinski definition) is 0. The fourth-order valence-corrected chi connectivity index (χ4v) is 6.10. The summed E-state index contributed by atoms with van der Waals surface area (Å²) in [5.41, 5.74) is 1.07. The Morgan fingerprint density at radius 1 is 1.33 bits per heavy atom. The van der Waals surface area contributed by atoms with Gasteiger partial charge in [0.2, 0.25) is 5.91 Å². The summed E-state index contributed by atoms with van der Waals surface area (Å²) in [5, 5.41) is 1.28. The lowest BCUT2D eigenvalue weighted by atomic mass is 10.2. The number of carbonyl (C=O) groups excluding carboxylic acids is 1. The first-order chi connectivity index (χ1) is 9.91. The summed E-state index contributed by atoms with van der Waals surface area (Å²) in [6.45, 7) is 8.50. The molecule has 6 heteroatoms. The zero-order valence-corrected chi connectivity index (χ0v) is 15.8. The minimum atomic E-state index is 0.107. The van der Waals surface area contributed by atoms with Gasteiger partial charge >= 0.3 is 0 Å². The molecule has 0 N–H and O–H groups in total. The van der Waals surface area contributed by atoms with Gasteiger partial charge < -0.3 is 4.90 Å². The number of rotatable bonds is 4. The fraction of sp³-hybridized carbons (Fsp3) is 0.733. The average Bonchev–Trinajstić information content (AvgIpc) is 2.88. The lowest BCUT2D eigenvalue weighted by Crippen LogP contribution is -2.39. The Morgan fingerprint density at radius 2 is 2.05 bits per heavy atom. The molecule has 0 bridgehead atoms. The molecule has 1 aliphatic heterocycles. The third-order valence-corrected chi connectivity index (χ3v) is 8.11. The van der Waals surface area contributed by atoms with Crippen LogP contribution >= 0.6 is 34.9 Å². The minimum absolute atomic E-state index is 0.107. The van der Waals surface area contributed by atoms with Crippen LogP contribution < -0.4 is 0 Å². The van der Waals surface area contributed by atoms with E-state index in [4.69, 9.17) is 0 Å². The highest BCUT2D eigenvalue weighted by Crippen LogP contribution is 2.33. The standard InChI is InChI=1S/C15H24N2OS3/c1-9(2)14-16-10(3)13(21-14)11(4)17(5)15(18)12-8-19-6-7-20-12/h9,11-12H,6-8H2,1-5H3. The Bertz CT molecular complexity index is 495. The number of amides is 1. The van der Waals surface area contributed by atoms with Gasteiger partial charge in [-0.2, -0.15) is 11.8 Å². The Labute approximate surface area is 140 Å². The molecule has 1 aromatic rings. The van der Waals surface area contributed by atoms with Crippen LogP contribution in [0, 0.1) is 6.92 Å². The zero-order chi connectivity index (χ0) is 15.6. The number of hydrogen-bond acceptors (Lipinski definition) is 5. The Morgan fingerprint density at radius 3 is 2.57 bits per heavy atom. The molecule has 0 radical (unpaired) electrons. The van der Waals surface area contributed by atoms with E-state index in [0.29, 0.717) is 5.92 Å². The maximum Gasteiger partial charge on any atom is 0.236 e. The van der Waals surface area contributed by atoms with Crippen LogP contribution in [0.2, 0.25) is 0 Å². The van der Waals surface area contributed by atoms with Gasteiger partial charge in [-0.15, -0.1) is 23.1 Å². The third-order valence-electron chi connectivity index (χ3n) is 3.74. The molecule has 0 aromatic carbocycles. The van der Waals surface area contributed by atoms with Gasteiger partial charge in [0, 0.05) is 35.1 Å². The summed E-state index contributed by atoms with van der Waals surface area (Å²) < 4.78 is 0. The van der Waals surface area contributed by atoms with E-state index in [9.17, 15) is 4.79 Å². The summed E-state index contributed by atoms with van der Waals surface area (Å²) in [6.07, 6.45) is 0. The van der Waals surface area contributed by atoms with Crippen LogP contribution in [0.4, 0.5) is 0 Å². The second-order valence-corrected chi connectivity index (χ2v) is 9.24. The summed E-state index contributed by atoms with van der Waals surface area (Å²) >= 11 is 5.44. The first kappa shape index (κ1) is 17.2. The van der Waals surface area contributed by atoms with E-state index in [1.165, 1.54) is 10.6 Å². The predicted molar refractivity (Wildman–Crippen MR) is 95.7 cm³/mol. The number of thioether (sulfide) groups is 2. The minimum Gasteiger partial charge on any atom is -0.337 e. The maximum atomic E-state index is 12.6. The molecular weight excluding hydrogens is 320 g/mol. The number of aromatic nitrogens is 1. The number of aryl methyl sites for hydroxylation is 1. The molecule has 0 aliphatic carbocycles. The molecule has 1 fully saturated rings. The molecule has 2 heterocycles. The third kappa shape index (κ3) is 3.96. The zero-order valence-electron chi connectivity index (χ0n) is 13.4. The van der Waals surface area contributed by atoms with Crippen molar-refractivity contribution in [1.29, 1.82) is 0 Å². The van der Waals surface area contributed by atoms with E-state index < -0.39 is 0 Å². The molecule has 1 aliphatic rings. The van der Waals surface area contributed by atoms with Crippen LogP contribution in [0.1, 0.15) is 48.3 Å². The van der Waals surface area contributed by atoms with Crippen molar-refractivity contribution >= 4 is 40.8 Å². The molecule has 0 spiro atoms. The van der Waals surface area contributed by atoms with E-state index >= 15 is 0 Å². The van der Waals surface area contributed by atoms with Crippen LogP contribution in [0.3, 0.4) is 0 Å². The number of nitrogens with zero attached hydrogens (tertiary/aromatic N) is 2. The summed E-state index contributed by atoms with van der Waals surface area (Å²) in [5.74, 6) is 3.90. The van der Waals surface area contributed by atoms with Crippen molar-refractivity contribution in [2.45, 2.75) is 44.9 Å². The van der Waals surface area contributed by atoms with Gasteiger partial charge in [0.15, 0.2) is 0 Å². The maximum absolute atomic E-state index is 12.6. The molecule has 3 nitrogen and oxygen atoms in total. The normalized spacial score (nSPS) is 20.6. The first-order valence-corrected chi connectivity index (χ1v) is 10.4. The van der Waals surface area contributed by atoms with Gasteiger partial charge in [-0.3, -0.25) is 4.79 Å². The molecular formula is C15H24N2OS3. The SMILES string of the molecule is Cc1nc(C(C)C)sc1C(C)N(C)C(=O)C1CSCCS1. The molecule has 2 unspecified atom stereocenters. The molecule has 1 aromatic heterocycles. The second kappa shape index (κ2) is 7.38. The topological polar surface area (TPSA) is 33.2 Å². The Hall–Kier alpha value is -0.200. The second-order valence-electron chi connectivity index (χ2n) is 5.72. The Balaban J connectivity index is 2.10. The van der Waals surface area contributed by atoms with Gasteiger partial charge in [0.05, 0.1) is 22.0 Å². The van der Waals surface area contributed by atoms with Crippen molar-refractivity contribution in [3.05, 3.63) is 15.6 Å². The van der Waals surface area contributed by atoms with E-state index in [0.717, 1.165) is 22.2 Å². The van der Waals surface area contributed by atoms with E-state index in [1.54, 1.807) is 23.1 Å². The van der Waals surface area contributed by atoms with Crippen molar-refractivity contribution in [2.75, 3.05) is 24.3 Å². The fourth-order valence-electron chi connectivity index (χ4n) is 2.29. The van der Waals surface area contributed by atoms with E-state index in [1.807, 2.05) is 23.7 Å². The van der Waals surface area contributed by atoms with Gasteiger partial charge in [-0.1, -0.05) is 13.8 Å². The van der Waals surface area contributed by atoms with Crippen LogP contribution in [0.15, 0.2) is 0 Å². The van der Waals surface area contributed by atoms with Crippen molar-refractivity contribution in [1.82, 2.24) is 9.88 Å². The molecule has 1 saturated heterocycles. The molecule has 1 amide bonds. The largest absolute Gasteiger partial charge is 0.337 e. The first-order valence-electron chi connectivity index (χ1n) is 7.35. The highest BCUT2D eigenvalue weighted by Gasteiger charge is 2.29. The van der Waals surface area contributed by atoms with Crippen LogP contribution in [0.5, 0.6) is 0 Å². The van der Waals surface area contributed by atoms with E-state index in [2.05, 4.69) is 32.7 Å². The van der Waals surface area contributed by atoms with Crippen molar-refractivity contribution < 1.29 is 4.79 Å². The summed E-state index contributed by atoms with van der Waals surface area (Å²) in [6, 6.07) is 0.107. The average molecular weight is 345 g/mol. The lowest BCUT2D eigenvalue weighted by Gasteiger charge is -2.30. The summed E-state index contributed by atoms with van der Waals surface area (Å²) in [4.78, 5) is 20.4. The molecule has 118 valence electrons. The van der Waals surface area contributed by atoms with Crippen LogP contribution in [0.25, 0.3) is 0 Å². The van der Waals surface area contributed by atoms with Gasteiger partial charge in [0.25, 0.3) is 0 Å². The highest BCUT2D eigenvalue weighted by atomic mass is 32.2.